The number of carbonyl (C=O) groups excluding carboxylic acids is 1. The molecule has 100 valence electrons. The first kappa shape index (κ1) is 14.7. The average molecular weight is 250 g/mol. The van der Waals surface area contributed by atoms with E-state index in [0.29, 0.717) is 18.1 Å². The second kappa shape index (κ2) is 6.01. The molecule has 0 saturated heterocycles. The molecular weight excluding hydrogens is 228 g/mol. The van der Waals surface area contributed by atoms with Gasteiger partial charge in [0.05, 0.1) is 6.61 Å². The largest absolute Gasteiger partial charge is 0.494 e. The van der Waals surface area contributed by atoms with Gasteiger partial charge in [0.25, 0.3) is 0 Å². The highest BCUT2D eigenvalue weighted by Gasteiger charge is 2.24. The first-order valence-electron chi connectivity index (χ1n) is 6.30. The van der Waals surface area contributed by atoms with Gasteiger partial charge in [0.15, 0.2) is 5.78 Å². The smallest absolute Gasteiger partial charge is 0.193 e. The van der Waals surface area contributed by atoms with E-state index in [0.717, 1.165) is 12.2 Å². The Morgan fingerprint density at radius 1 is 1.28 bits per heavy atom. The van der Waals surface area contributed by atoms with Crippen molar-refractivity contribution in [2.75, 3.05) is 6.61 Å². The van der Waals surface area contributed by atoms with Crippen LogP contribution in [0.5, 0.6) is 5.75 Å². The van der Waals surface area contributed by atoms with Crippen molar-refractivity contribution >= 4 is 5.78 Å². The zero-order valence-corrected chi connectivity index (χ0v) is 11.6. The van der Waals surface area contributed by atoms with E-state index in [1.54, 1.807) is 24.3 Å². The van der Waals surface area contributed by atoms with E-state index in [9.17, 15) is 9.90 Å². The summed E-state index contributed by atoms with van der Waals surface area (Å²) in [6.07, 6.45) is 1.00. The minimum atomic E-state index is -1.33. The molecule has 0 aromatic heterocycles. The summed E-state index contributed by atoms with van der Waals surface area (Å²) in [4.78, 5) is 11.8. The van der Waals surface area contributed by atoms with Gasteiger partial charge in [-0.1, -0.05) is 13.8 Å². The first-order valence-corrected chi connectivity index (χ1v) is 6.30. The third-order valence-corrected chi connectivity index (χ3v) is 2.64. The zero-order chi connectivity index (χ0) is 13.8. The lowest BCUT2D eigenvalue weighted by Gasteiger charge is -2.15. The summed E-state index contributed by atoms with van der Waals surface area (Å²) < 4.78 is 5.56. The third-order valence-electron chi connectivity index (χ3n) is 2.64. The van der Waals surface area contributed by atoms with Crippen molar-refractivity contribution in [1.29, 1.82) is 0 Å². The molecule has 0 aliphatic carbocycles. The Balaban J connectivity index is 2.60. The summed E-state index contributed by atoms with van der Waals surface area (Å²) in [6, 6.07) is 6.90. The minimum absolute atomic E-state index is 0.281. The fraction of sp³-hybridized carbons (Fsp3) is 0.533. The second-order valence-electron chi connectivity index (χ2n) is 5.44. The van der Waals surface area contributed by atoms with Crippen LogP contribution in [0.25, 0.3) is 0 Å². The fourth-order valence-electron chi connectivity index (χ4n) is 1.47. The van der Waals surface area contributed by atoms with Crippen LogP contribution in [-0.4, -0.2) is 23.1 Å². The summed E-state index contributed by atoms with van der Waals surface area (Å²) in [5, 5.41) is 9.63. The minimum Gasteiger partial charge on any atom is -0.494 e. The van der Waals surface area contributed by atoms with E-state index >= 15 is 0 Å². The van der Waals surface area contributed by atoms with Gasteiger partial charge >= 0.3 is 0 Å². The maximum absolute atomic E-state index is 11.8. The van der Waals surface area contributed by atoms with Crippen LogP contribution in [0.4, 0.5) is 0 Å². The monoisotopic (exact) mass is 250 g/mol. The quantitative estimate of drug-likeness (QED) is 0.789. The van der Waals surface area contributed by atoms with Gasteiger partial charge in [0.1, 0.15) is 11.4 Å². The van der Waals surface area contributed by atoms with Crippen molar-refractivity contribution in [1.82, 2.24) is 0 Å². The summed E-state index contributed by atoms with van der Waals surface area (Å²) in [7, 11) is 0. The summed E-state index contributed by atoms with van der Waals surface area (Å²) in [5.41, 5.74) is -0.835. The molecule has 0 heterocycles. The molecule has 0 aliphatic rings. The van der Waals surface area contributed by atoms with Crippen LogP contribution >= 0.6 is 0 Å². The van der Waals surface area contributed by atoms with Crippen LogP contribution in [0.3, 0.4) is 0 Å². The highest BCUT2D eigenvalue weighted by molar-refractivity contribution is 6.01. The molecule has 1 aromatic rings. The number of ketones is 1. The third kappa shape index (κ3) is 4.49. The van der Waals surface area contributed by atoms with Gasteiger partial charge in [-0.15, -0.1) is 0 Å². The molecule has 18 heavy (non-hydrogen) atoms. The molecule has 3 heteroatoms. The lowest BCUT2D eigenvalue weighted by molar-refractivity contribution is 0.0488. The highest BCUT2D eigenvalue weighted by atomic mass is 16.5. The van der Waals surface area contributed by atoms with E-state index in [1.165, 1.54) is 13.8 Å². The number of benzene rings is 1. The van der Waals surface area contributed by atoms with Gasteiger partial charge in [-0.2, -0.15) is 0 Å². The van der Waals surface area contributed by atoms with Crippen LogP contribution in [0.2, 0.25) is 0 Å². The Hall–Kier alpha value is -1.35. The second-order valence-corrected chi connectivity index (χ2v) is 5.44. The van der Waals surface area contributed by atoms with Crippen LogP contribution in [-0.2, 0) is 0 Å². The Kier molecular flexibility index (Phi) is 4.91. The average Bonchev–Trinajstić information content (AvgIpc) is 2.27. The highest BCUT2D eigenvalue weighted by Crippen LogP contribution is 2.17. The molecule has 0 bridgehead atoms. The van der Waals surface area contributed by atoms with E-state index < -0.39 is 5.60 Å². The van der Waals surface area contributed by atoms with Gasteiger partial charge in [0.2, 0.25) is 0 Å². The van der Waals surface area contributed by atoms with Gasteiger partial charge < -0.3 is 9.84 Å². The van der Waals surface area contributed by atoms with E-state index in [1.807, 2.05) is 0 Å². The lowest BCUT2D eigenvalue weighted by Crippen LogP contribution is -2.30. The molecule has 0 radical (unpaired) electrons. The molecule has 0 spiro atoms. The molecule has 0 unspecified atom stereocenters. The number of rotatable bonds is 6. The Morgan fingerprint density at radius 3 is 2.28 bits per heavy atom. The van der Waals surface area contributed by atoms with Crippen LogP contribution in [0.1, 0.15) is 44.5 Å². The molecule has 0 atom stereocenters. The van der Waals surface area contributed by atoms with E-state index in [-0.39, 0.29) is 5.78 Å². The Morgan fingerprint density at radius 2 is 1.83 bits per heavy atom. The maximum Gasteiger partial charge on any atom is 0.193 e. The molecule has 3 nitrogen and oxygen atoms in total. The Bertz CT molecular complexity index is 385. The number of hydrogen-bond acceptors (Lipinski definition) is 3. The predicted molar refractivity (Wildman–Crippen MR) is 72.0 cm³/mol. The van der Waals surface area contributed by atoms with Gasteiger partial charge in [-0.25, -0.2) is 0 Å². The van der Waals surface area contributed by atoms with Crippen molar-refractivity contribution in [2.45, 2.75) is 39.7 Å². The molecule has 0 fully saturated rings. The van der Waals surface area contributed by atoms with Crippen molar-refractivity contribution < 1.29 is 14.6 Å². The van der Waals surface area contributed by atoms with Gasteiger partial charge in [-0.05, 0) is 50.5 Å². The van der Waals surface area contributed by atoms with Gasteiger partial charge in [0, 0.05) is 5.56 Å². The van der Waals surface area contributed by atoms with Crippen LogP contribution in [0.15, 0.2) is 24.3 Å². The van der Waals surface area contributed by atoms with Crippen molar-refractivity contribution in [3.8, 4) is 5.75 Å². The molecule has 1 aromatic carbocycles. The molecule has 0 aliphatic heterocycles. The van der Waals surface area contributed by atoms with Crippen molar-refractivity contribution in [3.63, 3.8) is 0 Å². The number of ether oxygens (including phenoxy) is 1. The normalized spacial score (nSPS) is 11.7. The van der Waals surface area contributed by atoms with Crippen LogP contribution in [0, 0.1) is 5.92 Å². The van der Waals surface area contributed by atoms with E-state index in [2.05, 4.69) is 13.8 Å². The van der Waals surface area contributed by atoms with Crippen molar-refractivity contribution in [3.05, 3.63) is 29.8 Å². The molecule has 0 amide bonds. The summed E-state index contributed by atoms with van der Waals surface area (Å²) in [6.45, 7) is 7.95. The molecule has 0 saturated carbocycles. The van der Waals surface area contributed by atoms with E-state index in [4.69, 9.17) is 4.74 Å². The number of Topliss-reactive ketones (excluding diaryl/α,β-unsaturated/α-hetero) is 1. The van der Waals surface area contributed by atoms with Crippen LogP contribution < -0.4 is 4.74 Å². The topological polar surface area (TPSA) is 46.5 Å². The maximum atomic E-state index is 11.8. The summed E-state index contributed by atoms with van der Waals surface area (Å²) in [5.74, 6) is 1.08. The summed E-state index contributed by atoms with van der Waals surface area (Å²) >= 11 is 0. The predicted octanol–water partition coefficient (Wildman–Crippen LogP) is 3.07. The number of carbonyl (C=O) groups is 1. The number of aliphatic hydroxyl groups is 1. The molecule has 1 N–H and O–H groups in total. The lowest BCUT2D eigenvalue weighted by atomic mass is 9.97. The Labute approximate surface area is 109 Å². The first-order chi connectivity index (χ1) is 8.30. The van der Waals surface area contributed by atoms with Gasteiger partial charge in [-0.3, -0.25) is 4.79 Å². The SMILES string of the molecule is CC(C)CCOc1ccc(C(=O)C(C)(C)O)cc1. The molecule has 1 rings (SSSR count). The zero-order valence-electron chi connectivity index (χ0n) is 11.6. The number of hydrogen-bond donors (Lipinski definition) is 1. The van der Waals surface area contributed by atoms with Crippen molar-refractivity contribution in [2.24, 2.45) is 5.92 Å². The fourth-order valence-corrected chi connectivity index (χ4v) is 1.47. The molecular formula is C15H22O3. The standard InChI is InChI=1S/C15H22O3/c1-11(2)9-10-18-13-7-5-12(6-8-13)14(16)15(3,4)17/h5-8,11,17H,9-10H2,1-4H3.